The number of carbonyl (C=O) groups is 2. The summed E-state index contributed by atoms with van der Waals surface area (Å²) in [7, 11) is 0. The summed E-state index contributed by atoms with van der Waals surface area (Å²) in [5, 5.41) is 2.36. The molecule has 0 aliphatic heterocycles. The summed E-state index contributed by atoms with van der Waals surface area (Å²) >= 11 is 0. The summed E-state index contributed by atoms with van der Waals surface area (Å²) in [5.41, 5.74) is 7.53. The maximum absolute atomic E-state index is 11.7. The van der Waals surface area contributed by atoms with Gasteiger partial charge < -0.3 is 9.47 Å². The van der Waals surface area contributed by atoms with Crippen molar-refractivity contribution in [3.05, 3.63) is 120 Å². The van der Waals surface area contributed by atoms with Crippen LogP contribution in [0, 0.1) is 0 Å². The smallest absolute Gasteiger partial charge is 0.333 e. The number of hydrogen-bond donors (Lipinski definition) is 0. The minimum atomic E-state index is -0.382. The number of esters is 2. The zero-order chi connectivity index (χ0) is 27.1. The monoisotopic (exact) mass is 504 g/mol. The van der Waals surface area contributed by atoms with Crippen LogP contribution in [0.15, 0.2) is 109 Å². The van der Waals surface area contributed by atoms with Crippen LogP contribution in [-0.2, 0) is 32.1 Å². The molecule has 0 unspecified atom stereocenters. The minimum absolute atomic E-state index is 0.224. The zero-order valence-corrected chi connectivity index (χ0v) is 22.0. The molecule has 0 radical (unpaired) electrons. The van der Waals surface area contributed by atoms with Crippen LogP contribution in [0.3, 0.4) is 0 Å². The molecule has 38 heavy (non-hydrogen) atoms. The molecule has 192 valence electrons. The Morgan fingerprint density at radius 1 is 0.632 bits per heavy atom. The van der Waals surface area contributed by atoms with E-state index in [0.29, 0.717) is 17.8 Å². The van der Waals surface area contributed by atoms with E-state index in [1.807, 2.05) is 12.1 Å². The summed E-state index contributed by atoms with van der Waals surface area (Å²) in [6.07, 6.45) is 1.61. The van der Waals surface area contributed by atoms with Gasteiger partial charge in [-0.05, 0) is 70.8 Å². The molecule has 4 nitrogen and oxygen atoms in total. The number of fused-ring (bicyclic) bond motifs is 1. The van der Waals surface area contributed by atoms with E-state index in [4.69, 9.17) is 9.47 Å². The van der Waals surface area contributed by atoms with Gasteiger partial charge in [0.25, 0.3) is 0 Å². The summed E-state index contributed by atoms with van der Waals surface area (Å²) in [5.74, 6) is -0.719. The fourth-order valence-electron chi connectivity index (χ4n) is 4.28. The number of rotatable bonds is 10. The first-order chi connectivity index (χ1) is 18.3. The first-order valence-electron chi connectivity index (χ1n) is 12.7. The van der Waals surface area contributed by atoms with Crippen LogP contribution < -0.4 is 0 Å². The molecule has 4 rings (SSSR count). The third-order valence-corrected chi connectivity index (χ3v) is 6.36. The molecule has 4 heteroatoms. The van der Waals surface area contributed by atoms with Crippen molar-refractivity contribution in [3.8, 4) is 22.3 Å². The van der Waals surface area contributed by atoms with Crippen molar-refractivity contribution in [1.29, 1.82) is 0 Å². The highest BCUT2D eigenvalue weighted by Gasteiger charge is 2.10. The average Bonchev–Trinajstić information content (AvgIpc) is 2.93. The lowest BCUT2D eigenvalue weighted by molar-refractivity contribution is -0.140. The number of carbonyl (C=O) groups excluding carboxylic acids is 2. The van der Waals surface area contributed by atoms with Crippen LogP contribution >= 0.6 is 0 Å². The van der Waals surface area contributed by atoms with Gasteiger partial charge in [0.05, 0.1) is 6.61 Å². The molecule has 0 aliphatic carbocycles. The van der Waals surface area contributed by atoms with Crippen molar-refractivity contribution >= 4 is 22.7 Å². The van der Waals surface area contributed by atoms with Gasteiger partial charge in [-0.2, -0.15) is 0 Å². The van der Waals surface area contributed by atoms with E-state index in [0.717, 1.165) is 35.1 Å². The van der Waals surface area contributed by atoms with Crippen LogP contribution in [0.1, 0.15) is 31.4 Å². The van der Waals surface area contributed by atoms with Gasteiger partial charge in [-0.15, -0.1) is 0 Å². The molecule has 0 bridgehead atoms. The second-order valence-corrected chi connectivity index (χ2v) is 9.48. The maximum atomic E-state index is 11.7. The van der Waals surface area contributed by atoms with E-state index in [2.05, 4.69) is 86.0 Å². The number of aryl methyl sites for hydroxylation is 1. The topological polar surface area (TPSA) is 52.6 Å². The second kappa shape index (κ2) is 12.2. The molecule has 0 amide bonds. The SMILES string of the molecule is C=C(C)C(=O)OCCCc1ccc(-c2cccc3c(-c4ccc(COC(=O)C(=C)C)cc4)cccc23)cc1. The van der Waals surface area contributed by atoms with Gasteiger partial charge in [-0.1, -0.05) is 98.1 Å². The first-order valence-corrected chi connectivity index (χ1v) is 12.7. The van der Waals surface area contributed by atoms with E-state index in [1.54, 1.807) is 13.8 Å². The lowest BCUT2D eigenvalue weighted by atomic mass is 9.92. The highest BCUT2D eigenvalue weighted by Crippen LogP contribution is 2.35. The fourth-order valence-corrected chi connectivity index (χ4v) is 4.28. The Bertz CT molecular complexity index is 1480. The van der Waals surface area contributed by atoms with Crippen LogP contribution in [-0.4, -0.2) is 18.5 Å². The number of ether oxygens (including phenoxy) is 2. The molecule has 0 saturated heterocycles. The summed E-state index contributed by atoms with van der Waals surface area (Å²) < 4.78 is 10.5. The Morgan fingerprint density at radius 3 is 1.61 bits per heavy atom. The van der Waals surface area contributed by atoms with E-state index < -0.39 is 0 Å². The Labute approximate surface area is 224 Å². The van der Waals surface area contributed by atoms with Gasteiger partial charge in [0.1, 0.15) is 6.61 Å². The van der Waals surface area contributed by atoms with Gasteiger partial charge in [-0.25, -0.2) is 9.59 Å². The molecule has 0 atom stereocenters. The average molecular weight is 505 g/mol. The number of hydrogen-bond acceptors (Lipinski definition) is 4. The molecule has 4 aromatic rings. The molecule has 0 N–H and O–H groups in total. The van der Waals surface area contributed by atoms with E-state index >= 15 is 0 Å². The van der Waals surface area contributed by atoms with Crippen LogP contribution in [0.4, 0.5) is 0 Å². The minimum Gasteiger partial charge on any atom is -0.462 e. The van der Waals surface area contributed by atoms with Crippen molar-refractivity contribution in [2.75, 3.05) is 6.61 Å². The summed E-state index contributed by atoms with van der Waals surface area (Å²) in [4.78, 5) is 23.2. The molecular formula is C34H32O4. The Kier molecular flexibility index (Phi) is 8.55. The Balaban J connectivity index is 1.50. The number of benzene rings is 4. The largest absolute Gasteiger partial charge is 0.462 e. The van der Waals surface area contributed by atoms with Gasteiger partial charge in [0, 0.05) is 11.1 Å². The van der Waals surface area contributed by atoms with E-state index in [9.17, 15) is 9.59 Å². The Morgan fingerprint density at radius 2 is 1.11 bits per heavy atom. The van der Waals surface area contributed by atoms with Crippen molar-refractivity contribution < 1.29 is 19.1 Å². The van der Waals surface area contributed by atoms with Crippen LogP contribution in [0.25, 0.3) is 33.0 Å². The second-order valence-electron chi connectivity index (χ2n) is 9.48. The highest BCUT2D eigenvalue weighted by molar-refractivity contribution is 6.04. The highest BCUT2D eigenvalue weighted by atomic mass is 16.5. The standard InChI is InChI=1S/C34H32O4/c1-23(2)33(35)37-21-7-8-25-13-17-27(18-14-25)29-9-5-12-32-30(10-6-11-31(29)32)28-19-15-26(16-20-28)22-38-34(36)24(3)4/h5-6,9-20H,1,3,7-8,21-22H2,2,4H3. The van der Waals surface area contributed by atoms with Crippen LogP contribution in [0.5, 0.6) is 0 Å². The zero-order valence-electron chi connectivity index (χ0n) is 22.0. The molecule has 0 saturated carbocycles. The molecule has 0 aliphatic rings. The summed E-state index contributed by atoms with van der Waals surface area (Å²) in [6.45, 7) is 11.1. The predicted molar refractivity (Wildman–Crippen MR) is 154 cm³/mol. The quantitative estimate of drug-likeness (QED) is 0.125. The van der Waals surface area contributed by atoms with E-state index in [1.165, 1.54) is 21.9 Å². The molecule has 4 aromatic carbocycles. The summed E-state index contributed by atoms with van der Waals surface area (Å²) in [6, 6.07) is 29.4. The molecule has 0 heterocycles. The van der Waals surface area contributed by atoms with Crippen molar-refractivity contribution in [2.24, 2.45) is 0 Å². The normalized spacial score (nSPS) is 10.7. The first kappa shape index (κ1) is 26.6. The van der Waals surface area contributed by atoms with Crippen molar-refractivity contribution in [3.63, 3.8) is 0 Å². The van der Waals surface area contributed by atoms with Crippen LogP contribution in [0.2, 0.25) is 0 Å². The lowest BCUT2D eigenvalue weighted by Crippen LogP contribution is -2.06. The van der Waals surface area contributed by atoms with Gasteiger partial charge in [0.2, 0.25) is 0 Å². The third kappa shape index (κ3) is 6.46. The maximum Gasteiger partial charge on any atom is 0.333 e. The third-order valence-electron chi connectivity index (χ3n) is 6.36. The van der Waals surface area contributed by atoms with Crippen molar-refractivity contribution in [2.45, 2.75) is 33.3 Å². The fraction of sp³-hybridized carbons (Fsp3) is 0.176. The lowest BCUT2D eigenvalue weighted by Gasteiger charge is -2.12. The Hall–Kier alpha value is -4.44. The van der Waals surface area contributed by atoms with Gasteiger partial charge in [0.15, 0.2) is 0 Å². The van der Waals surface area contributed by atoms with Gasteiger partial charge in [-0.3, -0.25) is 0 Å². The van der Waals surface area contributed by atoms with E-state index in [-0.39, 0.29) is 18.5 Å². The molecule has 0 spiro atoms. The predicted octanol–water partition coefficient (Wildman–Crippen LogP) is 7.85. The molecule has 0 fully saturated rings. The molecule has 0 aromatic heterocycles. The van der Waals surface area contributed by atoms with Crippen molar-refractivity contribution in [1.82, 2.24) is 0 Å². The molecular weight excluding hydrogens is 472 g/mol. The van der Waals surface area contributed by atoms with Gasteiger partial charge >= 0.3 is 11.9 Å².